The van der Waals surface area contributed by atoms with E-state index in [4.69, 9.17) is 14.2 Å². The van der Waals surface area contributed by atoms with Gasteiger partial charge in [0.05, 0.1) is 0 Å². The summed E-state index contributed by atoms with van der Waals surface area (Å²) in [5.74, 6) is -0.896. The van der Waals surface area contributed by atoms with Crippen molar-refractivity contribution in [1.82, 2.24) is 0 Å². The van der Waals surface area contributed by atoms with Gasteiger partial charge in [-0.25, -0.2) is 0 Å². The Morgan fingerprint density at radius 1 is 0.323 bits per heavy atom. The first-order chi connectivity index (χ1) is 32.0. The predicted octanol–water partition coefficient (Wildman–Crippen LogP) is 18.4. The molecule has 0 bridgehead atoms. The molecule has 0 saturated heterocycles. The van der Waals surface area contributed by atoms with Crippen LogP contribution in [0.25, 0.3) is 0 Å². The van der Waals surface area contributed by atoms with Crippen molar-refractivity contribution in [2.24, 2.45) is 0 Å². The lowest BCUT2D eigenvalue weighted by molar-refractivity contribution is -0.167. The van der Waals surface area contributed by atoms with Gasteiger partial charge in [-0.2, -0.15) is 0 Å². The molecule has 376 valence electrons. The van der Waals surface area contributed by atoms with Gasteiger partial charge in [-0.05, 0) is 83.5 Å². The molecule has 6 nitrogen and oxygen atoms in total. The monoisotopic (exact) mass is 909 g/mol. The van der Waals surface area contributed by atoms with E-state index in [-0.39, 0.29) is 31.1 Å². The number of hydrogen-bond acceptors (Lipinski definition) is 6. The van der Waals surface area contributed by atoms with E-state index >= 15 is 0 Å². The summed E-state index contributed by atoms with van der Waals surface area (Å²) in [6.45, 7) is 6.44. The molecular weight excluding hydrogens is 805 g/mol. The fourth-order valence-corrected chi connectivity index (χ4v) is 7.84. The SMILES string of the molecule is CC/C=C\C/C=C\C/C=C\CCCCCCCCCC(=O)OC(COC(=O)CCCCCCC)COC(=O)CCCCCCCCCCCCCCC/C=C\C/C=C\CCCCCCC. The minimum atomic E-state index is -0.775. The molecule has 1 atom stereocenters. The van der Waals surface area contributed by atoms with Gasteiger partial charge in [0.25, 0.3) is 0 Å². The van der Waals surface area contributed by atoms with Gasteiger partial charge in [0.15, 0.2) is 6.10 Å². The molecular formula is C59H104O6. The van der Waals surface area contributed by atoms with E-state index in [1.165, 1.54) is 141 Å². The third-order valence-electron chi connectivity index (χ3n) is 12.0. The molecule has 0 heterocycles. The number of esters is 3. The van der Waals surface area contributed by atoms with E-state index in [9.17, 15) is 14.4 Å². The fraction of sp³-hybridized carbons (Fsp3) is 0.780. The Hall–Kier alpha value is -2.89. The van der Waals surface area contributed by atoms with Crippen LogP contribution in [0.2, 0.25) is 0 Å². The Labute approximate surface area is 402 Å². The predicted molar refractivity (Wildman–Crippen MR) is 279 cm³/mol. The fourth-order valence-electron chi connectivity index (χ4n) is 7.84. The van der Waals surface area contributed by atoms with Crippen LogP contribution in [0.3, 0.4) is 0 Å². The Morgan fingerprint density at radius 2 is 0.600 bits per heavy atom. The topological polar surface area (TPSA) is 78.9 Å². The largest absolute Gasteiger partial charge is 0.462 e. The Bertz CT molecular complexity index is 1180. The van der Waals surface area contributed by atoms with E-state index in [0.717, 1.165) is 96.3 Å². The molecule has 0 saturated carbocycles. The van der Waals surface area contributed by atoms with Crippen LogP contribution in [0.4, 0.5) is 0 Å². The molecule has 0 aromatic carbocycles. The van der Waals surface area contributed by atoms with E-state index in [2.05, 4.69) is 81.5 Å². The molecule has 0 radical (unpaired) electrons. The zero-order valence-corrected chi connectivity index (χ0v) is 43.0. The van der Waals surface area contributed by atoms with Gasteiger partial charge >= 0.3 is 17.9 Å². The number of carbonyl (C=O) groups is 3. The maximum Gasteiger partial charge on any atom is 0.306 e. The number of unbranched alkanes of at least 4 members (excludes halogenated alkanes) is 29. The minimum Gasteiger partial charge on any atom is -0.462 e. The molecule has 0 aromatic rings. The highest BCUT2D eigenvalue weighted by Gasteiger charge is 2.19. The van der Waals surface area contributed by atoms with Gasteiger partial charge in [-0.15, -0.1) is 0 Å². The van der Waals surface area contributed by atoms with Gasteiger partial charge < -0.3 is 14.2 Å². The molecule has 0 aromatic heterocycles. The summed E-state index contributed by atoms with van der Waals surface area (Å²) in [4.78, 5) is 37.7. The molecule has 0 amide bonds. The van der Waals surface area contributed by atoms with E-state index < -0.39 is 6.10 Å². The highest BCUT2D eigenvalue weighted by Crippen LogP contribution is 2.16. The number of carbonyl (C=O) groups excluding carboxylic acids is 3. The minimum absolute atomic E-state index is 0.0777. The molecule has 1 unspecified atom stereocenters. The van der Waals surface area contributed by atoms with Crippen LogP contribution in [-0.4, -0.2) is 37.2 Å². The van der Waals surface area contributed by atoms with Crippen LogP contribution in [0.15, 0.2) is 60.8 Å². The van der Waals surface area contributed by atoms with Crippen LogP contribution < -0.4 is 0 Å². The number of ether oxygens (including phenoxy) is 3. The zero-order chi connectivity index (χ0) is 47.2. The van der Waals surface area contributed by atoms with Crippen LogP contribution in [-0.2, 0) is 28.6 Å². The second-order valence-corrected chi connectivity index (χ2v) is 18.5. The van der Waals surface area contributed by atoms with Crippen molar-refractivity contribution in [2.45, 2.75) is 284 Å². The van der Waals surface area contributed by atoms with Gasteiger partial charge in [0, 0.05) is 19.3 Å². The van der Waals surface area contributed by atoms with Crippen molar-refractivity contribution in [3.63, 3.8) is 0 Å². The molecule has 0 aliphatic carbocycles. The first-order valence-electron chi connectivity index (χ1n) is 27.8. The summed E-state index contributed by atoms with van der Waals surface area (Å²) in [7, 11) is 0. The summed E-state index contributed by atoms with van der Waals surface area (Å²) in [6.07, 6.45) is 66.8. The zero-order valence-electron chi connectivity index (χ0n) is 43.0. The molecule has 0 aliphatic rings. The van der Waals surface area contributed by atoms with Gasteiger partial charge in [0.1, 0.15) is 13.2 Å². The standard InChI is InChI=1S/C59H104O6/c1-4-7-10-13-15-17-19-21-23-25-26-27-28-29-30-31-32-34-35-37-39-41-43-46-49-52-58(61)64-55-56(54-63-57(60)51-48-45-12-9-6-3)65-59(62)53-50-47-44-42-40-38-36-33-24-22-20-18-16-14-11-8-5-2/h8,11,16,18-19,21-22,24-26,56H,4-7,9-10,12-15,17,20,23,27-55H2,1-3H3/b11-8-,18-16-,21-19-,24-22-,26-25-. The molecule has 0 aliphatic heterocycles. The molecule has 0 rings (SSSR count). The lowest BCUT2D eigenvalue weighted by Gasteiger charge is -2.18. The van der Waals surface area contributed by atoms with Crippen molar-refractivity contribution in [3.05, 3.63) is 60.8 Å². The lowest BCUT2D eigenvalue weighted by Crippen LogP contribution is -2.30. The Balaban J connectivity index is 4.07. The normalized spacial score (nSPS) is 12.5. The number of rotatable bonds is 50. The van der Waals surface area contributed by atoms with Crippen LogP contribution >= 0.6 is 0 Å². The van der Waals surface area contributed by atoms with Crippen molar-refractivity contribution < 1.29 is 28.6 Å². The van der Waals surface area contributed by atoms with Gasteiger partial charge in [-0.1, -0.05) is 236 Å². The Morgan fingerprint density at radius 3 is 0.938 bits per heavy atom. The van der Waals surface area contributed by atoms with Crippen molar-refractivity contribution >= 4 is 17.9 Å². The first-order valence-corrected chi connectivity index (χ1v) is 27.8. The summed E-state index contributed by atoms with van der Waals surface area (Å²) >= 11 is 0. The molecule has 6 heteroatoms. The van der Waals surface area contributed by atoms with Crippen LogP contribution in [0.5, 0.6) is 0 Å². The van der Waals surface area contributed by atoms with Crippen LogP contribution in [0.1, 0.15) is 278 Å². The number of allylic oxidation sites excluding steroid dienone is 10. The average Bonchev–Trinajstić information content (AvgIpc) is 3.30. The number of hydrogen-bond donors (Lipinski definition) is 0. The smallest absolute Gasteiger partial charge is 0.306 e. The first kappa shape index (κ1) is 62.1. The maximum atomic E-state index is 12.7. The molecule has 0 spiro atoms. The second kappa shape index (κ2) is 53.7. The van der Waals surface area contributed by atoms with E-state index in [1.54, 1.807) is 0 Å². The van der Waals surface area contributed by atoms with Crippen molar-refractivity contribution in [3.8, 4) is 0 Å². The second-order valence-electron chi connectivity index (χ2n) is 18.5. The third-order valence-corrected chi connectivity index (χ3v) is 12.0. The lowest BCUT2D eigenvalue weighted by atomic mass is 10.0. The van der Waals surface area contributed by atoms with E-state index in [1.807, 2.05) is 0 Å². The summed E-state index contributed by atoms with van der Waals surface area (Å²) < 4.78 is 16.7. The molecule has 0 N–H and O–H groups in total. The van der Waals surface area contributed by atoms with Gasteiger partial charge in [0.2, 0.25) is 0 Å². The average molecular weight is 909 g/mol. The van der Waals surface area contributed by atoms with Gasteiger partial charge in [-0.3, -0.25) is 14.4 Å². The highest BCUT2D eigenvalue weighted by atomic mass is 16.6. The van der Waals surface area contributed by atoms with E-state index in [0.29, 0.717) is 19.3 Å². The third kappa shape index (κ3) is 51.9. The maximum absolute atomic E-state index is 12.7. The van der Waals surface area contributed by atoms with Crippen molar-refractivity contribution in [1.29, 1.82) is 0 Å². The van der Waals surface area contributed by atoms with Crippen LogP contribution in [0, 0.1) is 0 Å². The highest BCUT2D eigenvalue weighted by molar-refractivity contribution is 5.71. The molecule has 65 heavy (non-hydrogen) atoms. The molecule has 0 fully saturated rings. The Kier molecular flexibility index (Phi) is 51.3. The summed E-state index contributed by atoms with van der Waals surface area (Å²) in [6, 6.07) is 0. The summed E-state index contributed by atoms with van der Waals surface area (Å²) in [5, 5.41) is 0. The quantitative estimate of drug-likeness (QED) is 0.0262. The van der Waals surface area contributed by atoms with Crippen molar-refractivity contribution in [2.75, 3.05) is 13.2 Å². The summed E-state index contributed by atoms with van der Waals surface area (Å²) in [5.41, 5.74) is 0.